The van der Waals surface area contributed by atoms with Crippen molar-refractivity contribution in [3.05, 3.63) is 88.9 Å². The molecule has 3 rings (SSSR count). The van der Waals surface area contributed by atoms with E-state index in [1.165, 1.54) is 37.1 Å². The molecule has 1 N–H and O–H groups in total. The van der Waals surface area contributed by atoms with Crippen molar-refractivity contribution in [1.29, 1.82) is 0 Å². The summed E-state index contributed by atoms with van der Waals surface area (Å²) >= 11 is 6.09. The van der Waals surface area contributed by atoms with Crippen LogP contribution in [0.15, 0.2) is 82.8 Å². The number of rotatable bonds is 8. The largest absolute Gasteiger partial charge is 0.497 e. The molecule has 9 heteroatoms. The van der Waals surface area contributed by atoms with Gasteiger partial charge in [0.15, 0.2) is 0 Å². The van der Waals surface area contributed by atoms with E-state index in [1.807, 2.05) is 24.3 Å². The number of nitrogens with one attached hydrogen (secondary N) is 1. The van der Waals surface area contributed by atoms with Gasteiger partial charge < -0.3 is 4.74 Å². The van der Waals surface area contributed by atoms with Crippen LogP contribution in [0, 0.1) is 0 Å². The maximum absolute atomic E-state index is 13.4. The number of hydrogen-bond donors (Lipinski definition) is 1. The predicted octanol–water partition coefficient (Wildman–Crippen LogP) is 4.99. The van der Waals surface area contributed by atoms with Crippen molar-refractivity contribution in [3.63, 3.8) is 0 Å². The molecule has 0 aliphatic carbocycles. The maximum Gasteiger partial charge on any atom is 0.264 e. The zero-order valence-corrected chi connectivity index (χ0v) is 21.6. The Morgan fingerprint density at radius 1 is 1.06 bits per heavy atom. The molecule has 0 fully saturated rings. The normalized spacial score (nSPS) is 11.9. The third-order valence-electron chi connectivity index (χ3n) is 5.21. The summed E-state index contributed by atoms with van der Waals surface area (Å²) in [5.41, 5.74) is 4.67. The van der Waals surface area contributed by atoms with E-state index in [1.54, 1.807) is 30.3 Å². The monoisotopic (exact) mass is 513 g/mol. The first-order valence-corrected chi connectivity index (χ1v) is 12.7. The summed E-state index contributed by atoms with van der Waals surface area (Å²) in [4.78, 5) is 12.7. The SMILES string of the molecule is COc1ccc(S(=O)(=O)N(CC(=O)N/N=C\c2ccc(C(C)(C)C)cc2)c2cccc(Cl)c2)cc1. The van der Waals surface area contributed by atoms with Crippen LogP contribution in [-0.2, 0) is 20.2 Å². The lowest BCUT2D eigenvalue weighted by Crippen LogP contribution is -2.39. The van der Waals surface area contributed by atoms with Gasteiger partial charge in [0.1, 0.15) is 12.3 Å². The van der Waals surface area contributed by atoms with E-state index in [2.05, 4.69) is 31.3 Å². The van der Waals surface area contributed by atoms with Crippen LogP contribution in [0.2, 0.25) is 5.02 Å². The summed E-state index contributed by atoms with van der Waals surface area (Å²) in [6.07, 6.45) is 1.51. The lowest BCUT2D eigenvalue weighted by molar-refractivity contribution is -0.119. The number of hydrazone groups is 1. The third kappa shape index (κ3) is 6.83. The molecule has 3 aromatic carbocycles. The first kappa shape index (κ1) is 26.2. The number of halogens is 1. The Hall–Kier alpha value is -3.36. The Kier molecular flexibility index (Phi) is 8.19. The van der Waals surface area contributed by atoms with Crippen molar-refractivity contribution in [2.45, 2.75) is 31.1 Å². The Morgan fingerprint density at radius 3 is 2.29 bits per heavy atom. The minimum absolute atomic E-state index is 0.00788. The van der Waals surface area contributed by atoms with Gasteiger partial charge in [-0.2, -0.15) is 5.10 Å². The van der Waals surface area contributed by atoms with E-state index in [-0.39, 0.29) is 16.0 Å². The molecular formula is C26H28ClN3O4S. The molecule has 0 saturated carbocycles. The van der Waals surface area contributed by atoms with E-state index >= 15 is 0 Å². The third-order valence-corrected chi connectivity index (χ3v) is 7.23. The number of carbonyl (C=O) groups is 1. The van der Waals surface area contributed by atoms with Crippen molar-refractivity contribution in [2.24, 2.45) is 5.10 Å². The van der Waals surface area contributed by atoms with Crippen LogP contribution in [0.25, 0.3) is 0 Å². The predicted molar refractivity (Wildman–Crippen MR) is 140 cm³/mol. The molecule has 184 valence electrons. The molecule has 0 aromatic heterocycles. The topological polar surface area (TPSA) is 88.1 Å². The molecular weight excluding hydrogens is 486 g/mol. The van der Waals surface area contributed by atoms with E-state index in [9.17, 15) is 13.2 Å². The van der Waals surface area contributed by atoms with Crippen LogP contribution in [0.4, 0.5) is 5.69 Å². The summed E-state index contributed by atoms with van der Waals surface area (Å²) < 4.78 is 32.9. The first-order chi connectivity index (χ1) is 16.5. The zero-order valence-electron chi connectivity index (χ0n) is 20.0. The van der Waals surface area contributed by atoms with Gasteiger partial charge in [0.2, 0.25) is 0 Å². The summed E-state index contributed by atoms with van der Waals surface area (Å²) in [5.74, 6) is -0.0921. The second-order valence-electron chi connectivity index (χ2n) is 8.83. The quantitative estimate of drug-likeness (QED) is 0.339. The lowest BCUT2D eigenvalue weighted by atomic mass is 9.87. The average molecular weight is 514 g/mol. The van der Waals surface area contributed by atoms with Gasteiger partial charge in [0, 0.05) is 5.02 Å². The molecule has 0 spiro atoms. The van der Waals surface area contributed by atoms with Crippen LogP contribution in [0.1, 0.15) is 31.9 Å². The Bertz CT molecular complexity index is 1300. The fourth-order valence-electron chi connectivity index (χ4n) is 3.24. The Morgan fingerprint density at radius 2 is 1.71 bits per heavy atom. The molecule has 7 nitrogen and oxygen atoms in total. The molecule has 0 aliphatic heterocycles. The van der Waals surface area contributed by atoms with Gasteiger partial charge in [0.25, 0.3) is 15.9 Å². The average Bonchev–Trinajstić information content (AvgIpc) is 2.82. The summed E-state index contributed by atoms with van der Waals surface area (Å²) in [6.45, 7) is 5.89. The van der Waals surface area contributed by atoms with E-state index < -0.39 is 22.5 Å². The van der Waals surface area contributed by atoms with Gasteiger partial charge in [-0.25, -0.2) is 13.8 Å². The molecule has 0 aliphatic rings. The number of carbonyl (C=O) groups excluding carboxylic acids is 1. The highest BCUT2D eigenvalue weighted by atomic mass is 35.5. The first-order valence-electron chi connectivity index (χ1n) is 10.9. The van der Waals surface area contributed by atoms with Crippen molar-refractivity contribution in [1.82, 2.24) is 5.43 Å². The number of benzene rings is 3. The number of methoxy groups -OCH3 is 1. The van der Waals surface area contributed by atoms with Gasteiger partial charge in [-0.15, -0.1) is 0 Å². The van der Waals surface area contributed by atoms with Crippen LogP contribution in [-0.4, -0.2) is 34.2 Å². The molecule has 0 bridgehead atoms. The van der Waals surface area contributed by atoms with Crippen LogP contribution < -0.4 is 14.5 Å². The molecule has 1 amide bonds. The van der Waals surface area contributed by atoms with Gasteiger partial charge in [0.05, 0.1) is 23.9 Å². The standard InChI is InChI=1S/C26H28ClN3O4S/c1-26(2,3)20-10-8-19(9-11-20)17-28-29-25(31)18-30(22-7-5-6-21(27)16-22)35(32,33)24-14-12-23(34-4)13-15-24/h5-17H,18H2,1-4H3,(H,29,31)/b28-17-. The summed E-state index contributed by atoms with van der Waals surface area (Å²) in [6, 6.07) is 20.0. The van der Waals surface area contributed by atoms with E-state index in [0.717, 1.165) is 9.87 Å². The molecule has 0 heterocycles. The van der Waals surface area contributed by atoms with Gasteiger partial charge in [-0.3, -0.25) is 9.10 Å². The second-order valence-corrected chi connectivity index (χ2v) is 11.1. The Balaban J connectivity index is 1.79. The van der Waals surface area contributed by atoms with Gasteiger partial charge in [-0.1, -0.05) is 62.7 Å². The molecule has 0 unspecified atom stereocenters. The number of amides is 1. The van der Waals surface area contributed by atoms with E-state index in [4.69, 9.17) is 16.3 Å². The van der Waals surface area contributed by atoms with Crippen LogP contribution in [0.5, 0.6) is 5.75 Å². The number of sulfonamides is 1. The molecule has 0 saturated heterocycles. The van der Waals surface area contributed by atoms with Crippen molar-refractivity contribution in [2.75, 3.05) is 18.0 Å². The highest BCUT2D eigenvalue weighted by Crippen LogP contribution is 2.27. The van der Waals surface area contributed by atoms with Crippen molar-refractivity contribution >= 4 is 39.4 Å². The van der Waals surface area contributed by atoms with Crippen molar-refractivity contribution < 1.29 is 17.9 Å². The summed E-state index contributed by atoms with van der Waals surface area (Å²) in [5, 5.41) is 4.33. The molecule has 0 radical (unpaired) electrons. The van der Waals surface area contributed by atoms with Crippen LogP contribution in [0.3, 0.4) is 0 Å². The maximum atomic E-state index is 13.4. The highest BCUT2D eigenvalue weighted by Gasteiger charge is 2.27. The van der Waals surface area contributed by atoms with Crippen molar-refractivity contribution in [3.8, 4) is 5.75 Å². The molecule has 0 atom stereocenters. The fraction of sp³-hybridized carbons (Fsp3) is 0.231. The second kappa shape index (κ2) is 10.9. The van der Waals surface area contributed by atoms with E-state index in [0.29, 0.717) is 10.8 Å². The summed E-state index contributed by atoms with van der Waals surface area (Å²) in [7, 11) is -2.59. The number of nitrogens with zero attached hydrogens (tertiary/aromatic N) is 2. The Labute approximate surface area is 211 Å². The molecule has 35 heavy (non-hydrogen) atoms. The number of hydrogen-bond acceptors (Lipinski definition) is 5. The fourth-order valence-corrected chi connectivity index (χ4v) is 4.83. The van der Waals surface area contributed by atoms with Gasteiger partial charge >= 0.3 is 0 Å². The smallest absolute Gasteiger partial charge is 0.264 e. The minimum atomic E-state index is -4.08. The number of ether oxygens (including phenoxy) is 1. The lowest BCUT2D eigenvalue weighted by Gasteiger charge is -2.24. The van der Waals surface area contributed by atoms with Gasteiger partial charge in [-0.05, 0) is 59.0 Å². The highest BCUT2D eigenvalue weighted by molar-refractivity contribution is 7.92. The minimum Gasteiger partial charge on any atom is -0.497 e. The molecule has 3 aromatic rings. The zero-order chi connectivity index (χ0) is 25.6. The van der Waals surface area contributed by atoms with Crippen LogP contribution >= 0.6 is 11.6 Å². The number of anilines is 1.